The average molecular weight is 257 g/mol. The van der Waals surface area contributed by atoms with E-state index in [0.29, 0.717) is 17.5 Å². The Labute approximate surface area is 107 Å². The van der Waals surface area contributed by atoms with E-state index in [-0.39, 0.29) is 5.82 Å². The molecule has 2 N–H and O–H groups in total. The molecule has 94 valence electrons. The molecule has 1 saturated heterocycles. The molecule has 2 rings (SSSR count). The first-order valence-corrected chi connectivity index (χ1v) is 6.46. The van der Waals surface area contributed by atoms with Crippen LogP contribution in [0.5, 0.6) is 0 Å². The summed E-state index contributed by atoms with van der Waals surface area (Å²) in [6.45, 7) is 3.61. The molecule has 1 heterocycles. The molecular weight excluding hydrogens is 239 g/mol. The Morgan fingerprint density at radius 1 is 1.35 bits per heavy atom. The second-order valence-electron chi connectivity index (χ2n) is 4.57. The molecule has 1 aromatic carbocycles. The van der Waals surface area contributed by atoms with Crippen molar-refractivity contribution in [2.45, 2.75) is 18.8 Å². The van der Waals surface area contributed by atoms with Crippen molar-refractivity contribution in [3.8, 4) is 0 Å². The topological polar surface area (TPSA) is 29.3 Å². The average Bonchev–Trinajstić information content (AvgIpc) is 2.34. The second-order valence-corrected chi connectivity index (χ2v) is 5.01. The fourth-order valence-electron chi connectivity index (χ4n) is 2.48. The van der Waals surface area contributed by atoms with E-state index in [2.05, 4.69) is 4.90 Å². The molecule has 0 aliphatic carbocycles. The van der Waals surface area contributed by atoms with Crippen LogP contribution in [-0.4, -0.2) is 31.1 Å². The molecule has 1 aliphatic heterocycles. The van der Waals surface area contributed by atoms with Gasteiger partial charge in [-0.1, -0.05) is 11.6 Å². The standard InChI is InChI=1S/C13H18ClFN2/c14-11-1-2-13(15)12(9-11)10-3-6-17(7-4-10)8-5-16/h1-2,9-10H,3-8,16H2. The third-order valence-corrected chi connectivity index (χ3v) is 3.67. The lowest BCUT2D eigenvalue weighted by atomic mass is 9.89. The number of hydrogen-bond donors (Lipinski definition) is 1. The Morgan fingerprint density at radius 3 is 2.71 bits per heavy atom. The summed E-state index contributed by atoms with van der Waals surface area (Å²) in [5.74, 6) is 0.161. The maximum atomic E-state index is 13.7. The molecule has 1 aliphatic rings. The fourth-order valence-corrected chi connectivity index (χ4v) is 2.66. The van der Waals surface area contributed by atoms with Gasteiger partial charge in [-0.25, -0.2) is 4.39 Å². The van der Waals surface area contributed by atoms with Crippen LogP contribution in [0, 0.1) is 5.82 Å². The predicted octanol–water partition coefficient (Wildman–Crippen LogP) is 2.62. The molecule has 0 spiro atoms. The number of hydrogen-bond acceptors (Lipinski definition) is 2. The van der Waals surface area contributed by atoms with E-state index in [0.717, 1.165) is 38.0 Å². The number of halogens is 2. The quantitative estimate of drug-likeness (QED) is 0.901. The van der Waals surface area contributed by atoms with Crippen molar-refractivity contribution in [3.63, 3.8) is 0 Å². The van der Waals surface area contributed by atoms with Crippen molar-refractivity contribution in [2.24, 2.45) is 5.73 Å². The maximum absolute atomic E-state index is 13.7. The first-order valence-electron chi connectivity index (χ1n) is 6.08. The number of benzene rings is 1. The van der Waals surface area contributed by atoms with Crippen molar-refractivity contribution in [1.29, 1.82) is 0 Å². The van der Waals surface area contributed by atoms with Crippen LogP contribution in [0.15, 0.2) is 18.2 Å². The van der Waals surface area contributed by atoms with Crippen LogP contribution in [0.25, 0.3) is 0 Å². The summed E-state index contributed by atoms with van der Waals surface area (Å²) in [5.41, 5.74) is 6.30. The van der Waals surface area contributed by atoms with Crippen LogP contribution in [0.2, 0.25) is 5.02 Å². The van der Waals surface area contributed by atoms with Gasteiger partial charge in [-0.3, -0.25) is 0 Å². The summed E-state index contributed by atoms with van der Waals surface area (Å²) in [5, 5.41) is 0.616. The molecule has 17 heavy (non-hydrogen) atoms. The molecular formula is C13H18ClFN2. The van der Waals surface area contributed by atoms with Crippen LogP contribution in [0.1, 0.15) is 24.3 Å². The van der Waals surface area contributed by atoms with Gasteiger partial charge in [0.2, 0.25) is 0 Å². The summed E-state index contributed by atoms with van der Waals surface area (Å²) in [4.78, 5) is 2.33. The second kappa shape index (κ2) is 5.80. The predicted molar refractivity (Wildman–Crippen MR) is 68.9 cm³/mol. The van der Waals surface area contributed by atoms with Crippen LogP contribution in [0.4, 0.5) is 4.39 Å². The molecule has 1 fully saturated rings. The Hall–Kier alpha value is -0.640. The van der Waals surface area contributed by atoms with Crippen molar-refractivity contribution < 1.29 is 4.39 Å². The first-order chi connectivity index (χ1) is 8.20. The van der Waals surface area contributed by atoms with E-state index in [1.807, 2.05) is 0 Å². The molecule has 4 heteroatoms. The molecule has 0 atom stereocenters. The zero-order chi connectivity index (χ0) is 12.3. The van der Waals surface area contributed by atoms with E-state index in [1.165, 1.54) is 6.07 Å². The van der Waals surface area contributed by atoms with Gasteiger partial charge in [-0.05, 0) is 55.6 Å². The van der Waals surface area contributed by atoms with Gasteiger partial charge in [0.05, 0.1) is 0 Å². The van der Waals surface area contributed by atoms with Crippen molar-refractivity contribution >= 4 is 11.6 Å². The molecule has 0 bridgehead atoms. The number of rotatable bonds is 3. The Kier molecular flexibility index (Phi) is 4.37. The van der Waals surface area contributed by atoms with Gasteiger partial charge in [-0.15, -0.1) is 0 Å². The normalized spacial score (nSPS) is 18.5. The lowest BCUT2D eigenvalue weighted by molar-refractivity contribution is 0.216. The lowest BCUT2D eigenvalue weighted by Gasteiger charge is -2.32. The largest absolute Gasteiger partial charge is 0.329 e. The zero-order valence-corrected chi connectivity index (χ0v) is 10.6. The highest BCUT2D eigenvalue weighted by Gasteiger charge is 2.22. The summed E-state index contributed by atoms with van der Waals surface area (Å²) in [6, 6.07) is 4.83. The van der Waals surface area contributed by atoms with Gasteiger partial charge in [0.15, 0.2) is 0 Å². The summed E-state index contributed by atoms with van der Waals surface area (Å²) < 4.78 is 13.7. The number of piperidine rings is 1. The van der Waals surface area contributed by atoms with Gasteiger partial charge in [0.25, 0.3) is 0 Å². The van der Waals surface area contributed by atoms with E-state index in [1.54, 1.807) is 12.1 Å². The van der Waals surface area contributed by atoms with Gasteiger partial charge < -0.3 is 10.6 Å². The van der Waals surface area contributed by atoms with Crippen LogP contribution in [-0.2, 0) is 0 Å². The Morgan fingerprint density at radius 2 is 2.06 bits per heavy atom. The molecule has 1 aromatic rings. The maximum Gasteiger partial charge on any atom is 0.126 e. The van der Waals surface area contributed by atoms with Crippen LogP contribution >= 0.6 is 11.6 Å². The zero-order valence-electron chi connectivity index (χ0n) is 9.83. The van der Waals surface area contributed by atoms with Gasteiger partial charge in [0, 0.05) is 18.1 Å². The Balaban J connectivity index is 2.02. The van der Waals surface area contributed by atoms with Crippen molar-refractivity contribution in [1.82, 2.24) is 4.90 Å². The van der Waals surface area contributed by atoms with Crippen molar-refractivity contribution in [2.75, 3.05) is 26.2 Å². The molecule has 0 amide bonds. The highest BCUT2D eigenvalue weighted by atomic mass is 35.5. The smallest absolute Gasteiger partial charge is 0.126 e. The lowest BCUT2D eigenvalue weighted by Crippen LogP contribution is -2.36. The van der Waals surface area contributed by atoms with Gasteiger partial charge in [0.1, 0.15) is 5.82 Å². The highest BCUT2D eigenvalue weighted by molar-refractivity contribution is 6.30. The summed E-state index contributed by atoms with van der Waals surface area (Å²) in [7, 11) is 0. The SMILES string of the molecule is NCCN1CCC(c2cc(Cl)ccc2F)CC1. The molecule has 0 saturated carbocycles. The summed E-state index contributed by atoms with van der Waals surface area (Å²) >= 11 is 5.92. The number of nitrogens with zero attached hydrogens (tertiary/aromatic N) is 1. The minimum Gasteiger partial charge on any atom is -0.329 e. The number of likely N-dealkylation sites (tertiary alicyclic amines) is 1. The van der Waals surface area contributed by atoms with E-state index < -0.39 is 0 Å². The molecule has 2 nitrogen and oxygen atoms in total. The van der Waals surface area contributed by atoms with Gasteiger partial charge in [-0.2, -0.15) is 0 Å². The molecule has 0 unspecified atom stereocenters. The minimum atomic E-state index is -0.133. The van der Waals surface area contributed by atoms with Crippen LogP contribution < -0.4 is 5.73 Å². The van der Waals surface area contributed by atoms with Gasteiger partial charge >= 0.3 is 0 Å². The van der Waals surface area contributed by atoms with E-state index in [4.69, 9.17) is 17.3 Å². The molecule has 0 aromatic heterocycles. The Bertz CT molecular complexity index is 376. The molecule has 0 radical (unpaired) electrons. The van der Waals surface area contributed by atoms with E-state index >= 15 is 0 Å². The third kappa shape index (κ3) is 3.18. The number of nitrogens with two attached hydrogens (primary N) is 1. The van der Waals surface area contributed by atoms with Crippen LogP contribution in [0.3, 0.4) is 0 Å². The fraction of sp³-hybridized carbons (Fsp3) is 0.538. The van der Waals surface area contributed by atoms with Crippen molar-refractivity contribution in [3.05, 3.63) is 34.6 Å². The first kappa shape index (κ1) is 12.8. The summed E-state index contributed by atoms with van der Waals surface area (Å²) in [6.07, 6.45) is 1.97. The van der Waals surface area contributed by atoms with E-state index in [9.17, 15) is 4.39 Å². The third-order valence-electron chi connectivity index (χ3n) is 3.43. The minimum absolute atomic E-state index is 0.133. The highest BCUT2D eigenvalue weighted by Crippen LogP contribution is 2.31. The monoisotopic (exact) mass is 256 g/mol.